The highest BCUT2D eigenvalue weighted by Crippen LogP contribution is 2.50. The van der Waals surface area contributed by atoms with E-state index in [2.05, 4.69) is 5.32 Å². The number of ether oxygens (including phenoxy) is 1. The summed E-state index contributed by atoms with van der Waals surface area (Å²) in [5.41, 5.74) is 1.07. The Bertz CT molecular complexity index is 601. The van der Waals surface area contributed by atoms with E-state index in [9.17, 15) is 4.79 Å². The van der Waals surface area contributed by atoms with Crippen molar-refractivity contribution in [1.29, 1.82) is 0 Å². The van der Waals surface area contributed by atoms with Crippen molar-refractivity contribution in [2.24, 2.45) is 5.41 Å². The summed E-state index contributed by atoms with van der Waals surface area (Å²) in [6.45, 7) is 1.68. The minimum Gasteiger partial charge on any atom is -0.381 e. The quantitative estimate of drug-likeness (QED) is 0.888. The highest BCUT2D eigenvalue weighted by Gasteiger charge is 2.51. The molecule has 0 aromatic heterocycles. The van der Waals surface area contributed by atoms with Crippen molar-refractivity contribution in [3.05, 3.63) is 34.9 Å². The third kappa shape index (κ3) is 2.66. The van der Waals surface area contributed by atoms with E-state index in [1.165, 1.54) is 6.42 Å². The van der Waals surface area contributed by atoms with Gasteiger partial charge >= 0.3 is 0 Å². The van der Waals surface area contributed by atoms with E-state index in [4.69, 9.17) is 16.3 Å². The maximum Gasteiger partial charge on any atom is 0.230 e. The summed E-state index contributed by atoms with van der Waals surface area (Å²) in [7, 11) is 0. The number of nitrogens with one attached hydrogen (secondary N) is 1. The van der Waals surface area contributed by atoms with E-state index in [0.29, 0.717) is 11.5 Å². The van der Waals surface area contributed by atoms with Gasteiger partial charge in [0.1, 0.15) is 0 Å². The Morgan fingerprint density at radius 1 is 1.04 bits per heavy atom. The highest BCUT2D eigenvalue weighted by atomic mass is 35.5. The Morgan fingerprint density at radius 3 is 2.29 bits per heavy atom. The fraction of sp³-hybridized carbons (Fsp3) is 0.650. The first-order valence-electron chi connectivity index (χ1n) is 9.30. The molecule has 3 aliphatic rings. The molecule has 2 saturated carbocycles. The van der Waals surface area contributed by atoms with Gasteiger partial charge in [0.2, 0.25) is 5.91 Å². The van der Waals surface area contributed by atoms with E-state index in [1.807, 2.05) is 24.3 Å². The van der Waals surface area contributed by atoms with Crippen LogP contribution >= 0.6 is 11.6 Å². The van der Waals surface area contributed by atoms with Crippen LogP contribution in [0.3, 0.4) is 0 Å². The lowest BCUT2D eigenvalue weighted by Crippen LogP contribution is -2.60. The van der Waals surface area contributed by atoms with Gasteiger partial charge in [-0.05, 0) is 61.6 Å². The Balaban J connectivity index is 1.53. The van der Waals surface area contributed by atoms with Crippen molar-refractivity contribution in [2.75, 3.05) is 13.2 Å². The van der Waals surface area contributed by atoms with Crippen LogP contribution in [0.1, 0.15) is 56.9 Å². The number of halogens is 1. The second kappa shape index (κ2) is 6.34. The fourth-order valence-corrected chi connectivity index (χ4v) is 5.12. The van der Waals surface area contributed by atoms with Crippen molar-refractivity contribution in [2.45, 2.75) is 62.8 Å². The molecule has 1 aliphatic heterocycles. The zero-order chi connectivity index (χ0) is 16.6. The maximum absolute atomic E-state index is 13.3. The van der Waals surface area contributed by atoms with Crippen molar-refractivity contribution in [3.63, 3.8) is 0 Å². The molecule has 2 aliphatic carbocycles. The van der Waals surface area contributed by atoms with Gasteiger partial charge in [0.25, 0.3) is 0 Å². The predicted molar refractivity (Wildman–Crippen MR) is 95.2 cm³/mol. The third-order valence-corrected chi connectivity index (χ3v) is 7.00. The summed E-state index contributed by atoms with van der Waals surface area (Å²) in [5.74, 6) is 0.234. The molecular weight excluding hydrogens is 322 g/mol. The Labute approximate surface area is 149 Å². The molecule has 3 fully saturated rings. The molecule has 1 saturated heterocycles. The largest absolute Gasteiger partial charge is 0.381 e. The van der Waals surface area contributed by atoms with Crippen LogP contribution in [0.15, 0.2) is 24.3 Å². The first-order chi connectivity index (χ1) is 11.6. The second-order valence-corrected chi connectivity index (χ2v) is 8.27. The summed E-state index contributed by atoms with van der Waals surface area (Å²) in [6.07, 6.45) is 8.67. The van der Waals surface area contributed by atoms with E-state index in [0.717, 1.165) is 68.7 Å². The topological polar surface area (TPSA) is 38.3 Å². The first kappa shape index (κ1) is 16.4. The summed E-state index contributed by atoms with van der Waals surface area (Å²) in [4.78, 5) is 13.3. The van der Waals surface area contributed by atoms with Crippen LogP contribution in [-0.4, -0.2) is 25.2 Å². The molecule has 0 bridgehead atoms. The normalized spacial score (nSPS) is 27.6. The monoisotopic (exact) mass is 347 g/mol. The first-order valence-corrected chi connectivity index (χ1v) is 9.67. The van der Waals surface area contributed by atoms with Gasteiger partial charge in [0, 0.05) is 24.3 Å². The van der Waals surface area contributed by atoms with E-state index >= 15 is 0 Å². The molecule has 1 atom stereocenters. The van der Waals surface area contributed by atoms with E-state index in [1.54, 1.807) is 0 Å². The minimum absolute atomic E-state index is 0.234. The molecule has 1 amide bonds. The number of benzene rings is 1. The van der Waals surface area contributed by atoms with Crippen molar-refractivity contribution in [1.82, 2.24) is 5.32 Å². The van der Waals surface area contributed by atoms with Gasteiger partial charge in [-0.15, -0.1) is 0 Å². The van der Waals surface area contributed by atoms with Crippen LogP contribution < -0.4 is 5.32 Å². The SMILES string of the molecule is O=C(NC1CCC12CCOCC2)C1(c2ccc(Cl)cc2)CCCC1. The second-order valence-electron chi connectivity index (χ2n) is 7.84. The van der Waals surface area contributed by atoms with Crippen LogP contribution in [-0.2, 0) is 14.9 Å². The Morgan fingerprint density at radius 2 is 1.71 bits per heavy atom. The number of carbonyl (C=O) groups is 1. The third-order valence-electron chi connectivity index (χ3n) is 6.75. The van der Waals surface area contributed by atoms with E-state index < -0.39 is 0 Å². The van der Waals surface area contributed by atoms with Crippen LogP contribution in [0.4, 0.5) is 0 Å². The molecular formula is C20H26ClNO2. The number of amides is 1. The van der Waals surface area contributed by atoms with Crippen LogP contribution in [0.2, 0.25) is 5.02 Å². The summed E-state index contributed by atoms with van der Waals surface area (Å²) in [6, 6.07) is 8.23. The molecule has 4 heteroatoms. The molecule has 4 rings (SSSR count). The van der Waals surface area contributed by atoms with Gasteiger partial charge in [-0.25, -0.2) is 0 Å². The molecule has 1 heterocycles. The molecule has 1 aromatic carbocycles. The summed E-state index contributed by atoms with van der Waals surface area (Å²) < 4.78 is 5.53. The lowest BCUT2D eigenvalue weighted by atomic mass is 9.60. The Kier molecular flexibility index (Phi) is 4.34. The smallest absolute Gasteiger partial charge is 0.230 e. The van der Waals surface area contributed by atoms with Gasteiger partial charge in [-0.2, -0.15) is 0 Å². The fourth-order valence-electron chi connectivity index (χ4n) is 4.99. The molecule has 1 N–H and O–H groups in total. The summed E-state index contributed by atoms with van der Waals surface area (Å²) in [5, 5.41) is 4.17. The predicted octanol–water partition coefficient (Wildman–Crippen LogP) is 4.23. The van der Waals surface area contributed by atoms with E-state index in [-0.39, 0.29) is 11.3 Å². The lowest BCUT2D eigenvalue weighted by molar-refractivity contribution is -0.132. The number of carbonyl (C=O) groups excluding carboxylic acids is 1. The van der Waals surface area contributed by atoms with Gasteiger partial charge in [0.15, 0.2) is 0 Å². The maximum atomic E-state index is 13.3. The van der Waals surface area contributed by atoms with Crippen molar-refractivity contribution < 1.29 is 9.53 Å². The average molecular weight is 348 g/mol. The minimum atomic E-state index is -0.355. The van der Waals surface area contributed by atoms with Crippen LogP contribution in [0, 0.1) is 5.41 Å². The lowest BCUT2D eigenvalue weighted by Gasteiger charge is -2.52. The standard InChI is InChI=1S/C20H26ClNO2/c21-16-5-3-15(4-6-16)20(8-1-2-9-20)18(23)22-17-7-10-19(17)11-13-24-14-12-19/h3-6,17H,1-2,7-14H2,(H,22,23). The average Bonchev–Trinajstić information content (AvgIpc) is 3.11. The van der Waals surface area contributed by atoms with Crippen LogP contribution in [0.25, 0.3) is 0 Å². The molecule has 1 unspecified atom stereocenters. The zero-order valence-electron chi connectivity index (χ0n) is 14.2. The molecule has 24 heavy (non-hydrogen) atoms. The number of rotatable bonds is 3. The molecule has 3 nitrogen and oxygen atoms in total. The van der Waals surface area contributed by atoms with Crippen molar-refractivity contribution >= 4 is 17.5 Å². The van der Waals surface area contributed by atoms with Gasteiger partial charge in [-0.3, -0.25) is 4.79 Å². The van der Waals surface area contributed by atoms with Crippen molar-refractivity contribution in [3.8, 4) is 0 Å². The molecule has 1 spiro atoms. The molecule has 130 valence electrons. The zero-order valence-corrected chi connectivity index (χ0v) is 14.9. The van der Waals surface area contributed by atoms with Gasteiger partial charge < -0.3 is 10.1 Å². The summed E-state index contributed by atoms with van der Waals surface area (Å²) >= 11 is 6.04. The number of hydrogen-bond acceptors (Lipinski definition) is 2. The molecule has 1 aromatic rings. The van der Waals surface area contributed by atoms with Gasteiger partial charge in [0.05, 0.1) is 5.41 Å². The Hall–Kier alpha value is -1.06. The van der Waals surface area contributed by atoms with Gasteiger partial charge in [-0.1, -0.05) is 36.6 Å². The molecule has 0 radical (unpaired) electrons. The number of hydrogen-bond donors (Lipinski definition) is 1. The van der Waals surface area contributed by atoms with Crippen LogP contribution in [0.5, 0.6) is 0 Å². The highest BCUT2D eigenvalue weighted by molar-refractivity contribution is 6.30.